The Kier molecular flexibility index (Phi) is 4.93. The second-order valence-corrected chi connectivity index (χ2v) is 5.20. The average Bonchev–Trinajstić information content (AvgIpc) is 2.01. The lowest BCUT2D eigenvalue weighted by Crippen LogP contribution is -2.44. The standard InChI is InChI=1S/C11H25NO/c1-7-11(5,9-13-6)8-12-10(2,3)4/h12H,7-9H2,1-6H3. The smallest absolute Gasteiger partial charge is 0.0528 e. The monoisotopic (exact) mass is 187 g/mol. The van der Waals surface area contributed by atoms with Gasteiger partial charge >= 0.3 is 0 Å². The van der Waals surface area contributed by atoms with E-state index in [0.29, 0.717) is 0 Å². The topological polar surface area (TPSA) is 21.3 Å². The van der Waals surface area contributed by atoms with Gasteiger partial charge in [-0.05, 0) is 27.2 Å². The van der Waals surface area contributed by atoms with Crippen molar-refractivity contribution < 1.29 is 4.74 Å². The van der Waals surface area contributed by atoms with Crippen LogP contribution in [-0.2, 0) is 4.74 Å². The van der Waals surface area contributed by atoms with Gasteiger partial charge in [0.05, 0.1) is 6.61 Å². The Bertz CT molecular complexity index is 140. The Hall–Kier alpha value is -0.0800. The van der Waals surface area contributed by atoms with Crippen molar-refractivity contribution in [2.75, 3.05) is 20.3 Å². The molecule has 0 aromatic rings. The molecule has 0 saturated carbocycles. The number of ether oxygens (including phenoxy) is 1. The maximum Gasteiger partial charge on any atom is 0.0528 e. The van der Waals surface area contributed by atoms with E-state index in [0.717, 1.165) is 19.6 Å². The minimum absolute atomic E-state index is 0.199. The first-order chi connectivity index (χ1) is 5.83. The van der Waals surface area contributed by atoms with Crippen LogP contribution in [0.4, 0.5) is 0 Å². The van der Waals surface area contributed by atoms with Crippen molar-refractivity contribution in [3.05, 3.63) is 0 Å². The molecule has 2 heteroatoms. The molecule has 1 N–H and O–H groups in total. The zero-order chi connectivity index (χ0) is 10.5. The third kappa shape index (κ3) is 6.05. The number of methoxy groups -OCH3 is 1. The second-order valence-electron chi connectivity index (χ2n) is 5.20. The zero-order valence-corrected chi connectivity index (χ0v) is 10.0. The number of hydrogen-bond donors (Lipinski definition) is 1. The van der Waals surface area contributed by atoms with E-state index in [1.165, 1.54) is 0 Å². The lowest BCUT2D eigenvalue weighted by molar-refractivity contribution is 0.0830. The summed E-state index contributed by atoms with van der Waals surface area (Å²) < 4.78 is 5.22. The molecule has 0 amide bonds. The van der Waals surface area contributed by atoms with Gasteiger partial charge < -0.3 is 10.1 Å². The minimum atomic E-state index is 0.199. The summed E-state index contributed by atoms with van der Waals surface area (Å²) in [5.41, 5.74) is 0.464. The normalized spacial score (nSPS) is 17.1. The first-order valence-corrected chi connectivity index (χ1v) is 5.07. The van der Waals surface area contributed by atoms with Crippen molar-refractivity contribution in [1.29, 1.82) is 0 Å². The highest BCUT2D eigenvalue weighted by molar-refractivity contribution is 4.80. The van der Waals surface area contributed by atoms with Gasteiger partial charge in [-0.25, -0.2) is 0 Å². The van der Waals surface area contributed by atoms with Crippen LogP contribution in [0.3, 0.4) is 0 Å². The van der Waals surface area contributed by atoms with Gasteiger partial charge in [-0.2, -0.15) is 0 Å². The van der Waals surface area contributed by atoms with Crippen molar-refractivity contribution in [2.24, 2.45) is 5.41 Å². The van der Waals surface area contributed by atoms with Crippen molar-refractivity contribution in [3.63, 3.8) is 0 Å². The molecule has 0 fully saturated rings. The zero-order valence-electron chi connectivity index (χ0n) is 10.0. The molecule has 0 heterocycles. The quantitative estimate of drug-likeness (QED) is 0.714. The minimum Gasteiger partial charge on any atom is -0.384 e. The highest BCUT2D eigenvalue weighted by atomic mass is 16.5. The summed E-state index contributed by atoms with van der Waals surface area (Å²) >= 11 is 0. The summed E-state index contributed by atoms with van der Waals surface area (Å²) in [4.78, 5) is 0. The molecular formula is C11H25NO. The third-order valence-corrected chi connectivity index (χ3v) is 2.39. The lowest BCUT2D eigenvalue weighted by Gasteiger charge is -2.32. The number of nitrogens with one attached hydrogen (secondary N) is 1. The summed E-state index contributed by atoms with van der Waals surface area (Å²) in [7, 11) is 1.77. The first kappa shape index (κ1) is 12.9. The molecule has 0 saturated heterocycles. The van der Waals surface area contributed by atoms with E-state index in [2.05, 4.69) is 39.9 Å². The predicted molar refractivity (Wildman–Crippen MR) is 58.0 cm³/mol. The molecule has 0 aromatic carbocycles. The molecule has 13 heavy (non-hydrogen) atoms. The molecule has 0 aromatic heterocycles. The maximum atomic E-state index is 5.22. The van der Waals surface area contributed by atoms with Crippen molar-refractivity contribution in [2.45, 2.75) is 46.6 Å². The summed E-state index contributed by atoms with van der Waals surface area (Å²) in [6.45, 7) is 12.9. The van der Waals surface area contributed by atoms with E-state index in [-0.39, 0.29) is 11.0 Å². The molecule has 1 unspecified atom stereocenters. The van der Waals surface area contributed by atoms with Crippen LogP contribution in [0.2, 0.25) is 0 Å². The summed E-state index contributed by atoms with van der Waals surface area (Å²) in [6.07, 6.45) is 1.14. The second kappa shape index (κ2) is 4.97. The molecule has 0 aliphatic carbocycles. The molecule has 80 valence electrons. The fourth-order valence-corrected chi connectivity index (χ4v) is 1.11. The highest BCUT2D eigenvalue weighted by Gasteiger charge is 2.23. The van der Waals surface area contributed by atoms with E-state index >= 15 is 0 Å². The van der Waals surface area contributed by atoms with Crippen LogP contribution in [0.5, 0.6) is 0 Å². The lowest BCUT2D eigenvalue weighted by atomic mass is 9.87. The van der Waals surface area contributed by atoms with Crippen LogP contribution in [0.25, 0.3) is 0 Å². The molecule has 2 nitrogen and oxygen atoms in total. The molecule has 0 rings (SSSR count). The summed E-state index contributed by atoms with van der Waals surface area (Å²) in [5.74, 6) is 0. The molecule has 0 aliphatic heterocycles. The fourth-order valence-electron chi connectivity index (χ4n) is 1.11. The highest BCUT2D eigenvalue weighted by Crippen LogP contribution is 2.20. The number of rotatable bonds is 5. The van der Waals surface area contributed by atoms with E-state index < -0.39 is 0 Å². The van der Waals surface area contributed by atoms with Gasteiger partial charge in [0.2, 0.25) is 0 Å². The Morgan fingerprint density at radius 2 is 1.69 bits per heavy atom. The van der Waals surface area contributed by atoms with Gasteiger partial charge in [-0.1, -0.05) is 13.8 Å². The van der Waals surface area contributed by atoms with Crippen LogP contribution in [0.15, 0.2) is 0 Å². The molecule has 0 radical (unpaired) electrons. The van der Waals surface area contributed by atoms with Crippen LogP contribution in [-0.4, -0.2) is 25.8 Å². The van der Waals surface area contributed by atoms with Gasteiger partial charge in [0.25, 0.3) is 0 Å². The maximum absolute atomic E-state index is 5.22. The Morgan fingerprint density at radius 1 is 1.15 bits per heavy atom. The van der Waals surface area contributed by atoms with Crippen LogP contribution < -0.4 is 5.32 Å². The third-order valence-electron chi connectivity index (χ3n) is 2.39. The van der Waals surface area contributed by atoms with Crippen molar-refractivity contribution in [1.82, 2.24) is 5.32 Å². The van der Waals surface area contributed by atoms with Gasteiger partial charge in [0, 0.05) is 24.6 Å². The van der Waals surface area contributed by atoms with Gasteiger partial charge in [0.1, 0.15) is 0 Å². The molecule has 0 bridgehead atoms. The van der Waals surface area contributed by atoms with Crippen molar-refractivity contribution in [3.8, 4) is 0 Å². The van der Waals surface area contributed by atoms with Crippen molar-refractivity contribution >= 4 is 0 Å². The van der Waals surface area contributed by atoms with Crippen LogP contribution in [0, 0.1) is 5.41 Å². The number of hydrogen-bond acceptors (Lipinski definition) is 2. The Balaban J connectivity index is 3.97. The average molecular weight is 187 g/mol. The Morgan fingerprint density at radius 3 is 2.00 bits per heavy atom. The Labute approximate surface area is 83.1 Å². The summed E-state index contributed by atoms with van der Waals surface area (Å²) in [6, 6.07) is 0. The van der Waals surface area contributed by atoms with E-state index in [4.69, 9.17) is 4.74 Å². The van der Waals surface area contributed by atoms with Gasteiger partial charge in [-0.3, -0.25) is 0 Å². The largest absolute Gasteiger partial charge is 0.384 e. The van der Waals surface area contributed by atoms with Crippen LogP contribution >= 0.6 is 0 Å². The van der Waals surface area contributed by atoms with Crippen LogP contribution in [0.1, 0.15) is 41.0 Å². The van der Waals surface area contributed by atoms with Gasteiger partial charge in [-0.15, -0.1) is 0 Å². The van der Waals surface area contributed by atoms with E-state index in [1.807, 2.05) is 0 Å². The SMILES string of the molecule is CCC(C)(CNC(C)(C)C)COC. The first-order valence-electron chi connectivity index (χ1n) is 5.07. The molecular weight excluding hydrogens is 162 g/mol. The molecule has 0 aliphatic rings. The molecule has 0 spiro atoms. The van der Waals surface area contributed by atoms with Gasteiger partial charge in [0.15, 0.2) is 0 Å². The molecule has 1 atom stereocenters. The summed E-state index contributed by atoms with van der Waals surface area (Å²) in [5, 5.41) is 3.52. The fraction of sp³-hybridized carbons (Fsp3) is 1.00. The predicted octanol–water partition coefficient (Wildman–Crippen LogP) is 2.44. The van der Waals surface area contributed by atoms with E-state index in [9.17, 15) is 0 Å². The van der Waals surface area contributed by atoms with E-state index in [1.54, 1.807) is 7.11 Å².